The van der Waals surface area contributed by atoms with E-state index in [-0.39, 0.29) is 27.7 Å². The Balaban J connectivity index is 0.00000108. The highest BCUT2D eigenvalue weighted by Crippen LogP contribution is 2.49. The second-order valence-electron chi connectivity index (χ2n) is 5.17. The SMILES string of the molecule is C.C.C.Cc1cccc2c1C(C)(C)c1ccccc1-2. The van der Waals surface area contributed by atoms with Crippen molar-refractivity contribution >= 4 is 0 Å². The molecule has 19 heavy (non-hydrogen) atoms. The lowest BCUT2D eigenvalue weighted by molar-refractivity contribution is 0.655. The highest BCUT2D eigenvalue weighted by Gasteiger charge is 2.35. The van der Waals surface area contributed by atoms with Crippen molar-refractivity contribution in [2.24, 2.45) is 0 Å². The summed E-state index contributed by atoms with van der Waals surface area (Å²) < 4.78 is 0. The van der Waals surface area contributed by atoms with Crippen LogP contribution in [0.4, 0.5) is 0 Å². The Labute approximate surface area is 119 Å². The third kappa shape index (κ3) is 2.20. The molecule has 0 heterocycles. The molecule has 0 nitrogen and oxygen atoms in total. The number of aryl methyl sites for hydroxylation is 1. The van der Waals surface area contributed by atoms with E-state index in [1.165, 1.54) is 27.8 Å². The smallest absolute Gasteiger partial charge is 0.0161 e. The topological polar surface area (TPSA) is 0 Å². The average Bonchev–Trinajstić information content (AvgIpc) is 2.50. The van der Waals surface area contributed by atoms with Crippen LogP contribution in [-0.4, -0.2) is 0 Å². The van der Waals surface area contributed by atoms with Crippen LogP contribution in [0.15, 0.2) is 42.5 Å². The second-order valence-corrected chi connectivity index (χ2v) is 5.17. The molecule has 0 amide bonds. The number of fused-ring (bicyclic) bond motifs is 3. The van der Waals surface area contributed by atoms with Gasteiger partial charge >= 0.3 is 0 Å². The van der Waals surface area contributed by atoms with Crippen LogP contribution in [0.3, 0.4) is 0 Å². The van der Waals surface area contributed by atoms with Crippen LogP contribution >= 0.6 is 0 Å². The minimum Gasteiger partial charge on any atom is -0.0776 e. The Kier molecular flexibility index (Phi) is 5.15. The molecule has 0 spiro atoms. The van der Waals surface area contributed by atoms with Crippen LogP contribution in [0, 0.1) is 6.92 Å². The van der Waals surface area contributed by atoms with Gasteiger partial charge in [-0.25, -0.2) is 0 Å². The van der Waals surface area contributed by atoms with E-state index in [0.29, 0.717) is 0 Å². The number of rotatable bonds is 0. The van der Waals surface area contributed by atoms with E-state index in [1.54, 1.807) is 0 Å². The van der Waals surface area contributed by atoms with E-state index in [2.05, 4.69) is 63.2 Å². The fourth-order valence-electron chi connectivity index (χ4n) is 3.12. The summed E-state index contributed by atoms with van der Waals surface area (Å²) in [7, 11) is 0. The molecule has 0 aromatic heterocycles. The normalized spacial score (nSPS) is 13.2. The Bertz CT molecular complexity index is 562. The van der Waals surface area contributed by atoms with Crippen molar-refractivity contribution in [2.45, 2.75) is 48.5 Å². The van der Waals surface area contributed by atoms with Crippen molar-refractivity contribution in [3.63, 3.8) is 0 Å². The Morgan fingerprint density at radius 2 is 1.32 bits per heavy atom. The average molecular weight is 256 g/mol. The maximum absolute atomic E-state index is 2.32. The van der Waals surface area contributed by atoms with Crippen LogP contribution in [0.1, 0.15) is 52.8 Å². The summed E-state index contributed by atoms with van der Waals surface area (Å²) in [6, 6.07) is 15.4. The first-order valence-corrected chi connectivity index (χ1v) is 5.82. The molecule has 0 saturated heterocycles. The standard InChI is InChI=1S/C16H16.3CH4/c1-11-7-6-9-13-12-8-4-5-10-14(12)16(2,3)15(11)13;;;/h4-10H,1-3H3;3*1H4. The number of benzene rings is 2. The summed E-state index contributed by atoms with van der Waals surface area (Å²) >= 11 is 0. The van der Waals surface area contributed by atoms with E-state index in [1.807, 2.05) is 0 Å². The molecule has 0 N–H and O–H groups in total. The van der Waals surface area contributed by atoms with Gasteiger partial charge < -0.3 is 0 Å². The van der Waals surface area contributed by atoms with Gasteiger partial charge in [0.2, 0.25) is 0 Å². The summed E-state index contributed by atoms with van der Waals surface area (Å²) in [6.45, 7) is 6.86. The predicted molar refractivity (Wildman–Crippen MR) is 88.9 cm³/mol. The molecule has 2 aromatic carbocycles. The lowest BCUT2D eigenvalue weighted by Gasteiger charge is -2.23. The molecule has 1 aliphatic rings. The maximum atomic E-state index is 2.32. The van der Waals surface area contributed by atoms with Gasteiger partial charge in [-0.3, -0.25) is 0 Å². The highest BCUT2D eigenvalue weighted by atomic mass is 14.4. The molecule has 0 unspecified atom stereocenters. The van der Waals surface area contributed by atoms with Crippen molar-refractivity contribution in [1.29, 1.82) is 0 Å². The fraction of sp³-hybridized carbons (Fsp3) is 0.368. The fourth-order valence-corrected chi connectivity index (χ4v) is 3.12. The van der Waals surface area contributed by atoms with Crippen LogP contribution in [0.5, 0.6) is 0 Å². The first-order valence-electron chi connectivity index (χ1n) is 5.82. The summed E-state index contributed by atoms with van der Waals surface area (Å²) in [4.78, 5) is 0. The van der Waals surface area contributed by atoms with Gasteiger partial charge in [0.25, 0.3) is 0 Å². The molecule has 2 aromatic rings. The monoisotopic (exact) mass is 256 g/mol. The van der Waals surface area contributed by atoms with E-state index in [4.69, 9.17) is 0 Å². The maximum Gasteiger partial charge on any atom is 0.0161 e. The molecule has 0 bridgehead atoms. The summed E-state index contributed by atoms with van der Waals surface area (Å²) in [5.74, 6) is 0. The van der Waals surface area contributed by atoms with Gasteiger partial charge in [0.05, 0.1) is 0 Å². The molecule has 3 rings (SSSR count). The minimum absolute atomic E-state index is 0. The van der Waals surface area contributed by atoms with E-state index >= 15 is 0 Å². The molecule has 0 heteroatoms. The van der Waals surface area contributed by atoms with Crippen LogP contribution in [0.25, 0.3) is 11.1 Å². The van der Waals surface area contributed by atoms with Crippen LogP contribution in [0.2, 0.25) is 0 Å². The van der Waals surface area contributed by atoms with Gasteiger partial charge in [0, 0.05) is 5.41 Å². The molecule has 0 atom stereocenters. The number of hydrogen-bond donors (Lipinski definition) is 0. The van der Waals surface area contributed by atoms with Crippen molar-refractivity contribution in [3.05, 3.63) is 59.2 Å². The van der Waals surface area contributed by atoms with Crippen molar-refractivity contribution in [2.75, 3.05) is 0 Å². The van der Waals surface area contributed by atoms with Crippen LogP contribution in [-0.2, 0) is 5.41 Å². The summed E-state index contributed by atoms with van der Waals surface area (Å²) in [6.07, 6.45) is 0. The quantitative estimate of drug-likeness (QED) is 0.525. The first kappa shape index (κ1) is 17.4. The van der Waals surface area contributed by atoms with Gasteiger partial charge in [0.15, 0.2) is 0 Å². The molecule has 0 saturated carbocycles. The zero-order valence-electron chi connectivity index (χ0n) is 10.0. The first-order chi connectivity index (χ1) is 7.62. The molecule has 0 fully saturated rings. The zero-order valence-corrected chi connectivity index (χ0v) is 10.0. The van der Waals surface area contributed by atoms with Crippen molar-refractivity contribution in [1.82, 2.24) is 0 Å². The molecular formula is C19H28. The van der Waals surface area contributed by atoms with Crippen molar-refractivity contribution in [3.8, 4) is 11.1 Å². The van der Waals surface area contributed by atoms with Gasteiger partial charge in [-0.1, -0.05) is 78.6 Å². The Morgan fingerprint density at radius 1 is 0.737 bits per heavy atom. The van der Waals surface area contributed by atoms with E-state index in [9.17, 15) is 0 Å². The van der Waals surface area contributed by atoms with Gasteiger partial charge in [-0.2, -0.15) is 0 Å². The van der Waals surface area contributed by atoms with Crippen molar-refractivity contribution < 1.29 is 0 Å². The van der Waals surface area contributed by atoms with Gasteiger partial charge in [0.1, 0.15) is 0 Å². The molecule has 0 radical (unpaired) electrons. The summed E-state index contributed by atoms with van der Waals surface area (Å²) in [5.41, 5.74) is 7.33. The largest absolute Gasteiger partial charge is 0.0776 e. The van der Waals surface area contributed by atoms with E-state index in [0.717, 1.165) is 0 Å². The molecule has 104 valence electrons. The van der Waals surface area contributed by atoms with Crippen LogP contribution < -0.4 is 0 Å². The molecule has 1 aliphatic carbocycles. The third-order valence-electron chi connectivity index (χ3n) is 3.79. The second kappa shape index (κ2) is 5.61. The Morgan fingerprint density at radius 3 is 2.00 bits per heavy atom. The predicted octanol–water partition coefficient (Wildman–Crippen LogP) is 6.21. The number of hydrogen-bond acceptors (Lipinski definition) is 0. The van der Waals surface area contributed by atoms with E-state index < -0.39 is 0 Å². The third-order valence-corrected chi connectivity index (χ3v) is 3.79. The lowest BCUT2D eigenvalue weighted by atomic mass is 9.80. The summed E-state index contributed by atoms with van der Waals surface area (Å²) in [5, 5.41) is 0. The minimum atomic E-state index is 0. The van der Waals surface area contributed by atoms with Gasteiger partial charge in [-0.15, -0.1) is 0 Å². The lowest BCUT2D eigenvalue weighted by Crippen LogP contribution is -2.16. The molecule has 0 aliphatic heterocycles. The Hall–Kier alpha value is -1.56. The van der Waals surface area contributed by atoms with Gasteiger partial charge in [-0.05, 0) is 34.7 Å². The highest BCUT2D eigenvalue weighted by molar-refractivity contribution is 5.81. The molecular weight excluding hydrogens is 228 g/mol. The zero-order chi connectivity index (χ0) is 11.3.